The number of rotatable bonds is 5. The maximum absolute atomic E-state index is 13.3. The van der Waals surface area contributed by atoms with Crippen LogP contribution in [0.5, 0.6) is 5.75 Å². The van der Waals surface area contributed by atoms with E-state index < -0.39 is 0 Å². The van der Waals surface area contributed by atoms with Gasteiger partial charge in [-0.15, -0.1) is 0 Å². The van der Waals surface area contributed by atoms with Crippen LogP contribution in [-0.2, 0) is 5.75 Å². The van der Waals surface area contributed by atoms with Crippen molar-refractivity contribution in [1.82, 2.24) is 0 Å². The summed E-state index contributed by atoms with van der Waals surface area (Å²) in [4.78, 5) is 0. The predicted molar refractivity (Wildman–Crippen MR) is 56.2 cm³/mol. The van der Waals surface area contributed by atoms with Crippen molar-refractivity contribution < 1.29 is 14.2 Å². The Morgan fingerprint density at radius 3 is 2.86 bits per heavy atom. The molecule has 0 saturated carbocycles. The Labute approximate surface area is 87.1 Å². The van der Waals surface area contributed by atoms with Crippen LogP contribution >= 0.6 is 11.8 Å². The number of benzene rings is 1. The molecule has 0 saturated heterocycles. The Hall–Kier alpha value is -0.740. The first-order chi connectivity index (χ1) is 6.77. The van der Waals surface area contributed by atoms with E-state index in [1.807, 2.05) is 0 Å². The molecule has 1 aromatic carbocycles. The molecule has 0 amide bonds. The zero-order chi connectivity index (χ0) is 10.4. The van der Waals surface area contributed by atoms with Crippen molar-refractivity contribution in [2.24, 2.45) is 0 Å². The van der Waals surface area contributed by atoms with Crippen molar-refractivity contribution in [3.63, 3.8) is 0 Å². The lowest BCUT2D eigenvalue weighted by atomic mass is 10.2. The highest BCUT2D eigenvalue weighted by Crippen LogP contribution is 2.20. The van der Waals surface area contributed by atoms with E-state index in [1.165, 1.54) is 24.9 Å². The highest BCUT2D eigenvalue weighted by Gasteiger charge is 2.03. The molecule has 0 heterocycles. The number of hydrogen-bond acceptors (Lipinski definition) is 3. The molecule has 0 unspecified atom stereocenters. The third-order valence-corrected chi connectivity index (χ3v) is 2.74. The number of thioether (sulfide) groups is 1. The van der Waals surface area contributed by atoms with Crippen LogP contribution in [0.3, 0.4) is 0 Å². The zero-order valence-electron chi connectivity index (χ0n) is 8.00. The van der Waals surface area contributed by atoms with E-state index in [4.69, 9.17) is 9.84 Å². The molecule has 1 N–H and O–H groups in total. The van der Waals surface area contributed by atoms with E-state index in [0.717, 1.165) is 0 Å². The van der Waals surface area contributed by atoms with Gasteiger partial charge in [0.1, 0.15) is 11.6 Å². The highest BCUT2D eigenvalue weighted by molar-refractivity contribution is 7.98. The topological polar surface area (TPSA) is 29.5 Å². The summed E-state index contributed by atoms with van der Waals surface area (Å²) in [6.45, 7) is 0.127. The van der Waals surface area contributed by atoms with Crippen LogP contribution in [0.25, 0.3) is 0 Å². The SMILES string of the molecule is COc1ccc(CSCCO)c(F)c1. The first-order valence-corrected chi connectivity index (χ1v) is 5.44. The van der Waals surface area contributed by atoms with Crippen LogP contribution in [0, 0.1) is 5.82 Å². The van der Waals surface area contributed by atoms with E-state index in [9.17, 15) is 4.39 Å². The largest absolute Gasteiger partial charge is 0.497 e. The van der Waals surface area contributed by atoms with Gasteiger partial charge in [0.05, 0.1) is 13.7 Å². The second kappa shape index (κ2) is 5.88. The van der Waals surface area contributed by atoms with E-state index in [2.05, 4.69) is 0 Å². The summed E-state index contributed by atoms with van der Waals surface area (Å²) in [5, 5.41) is 8.56. The Kier molecular flexibility index (Phi) is 4.76. The Morgan fingerprint density at radius 2 is 2.29 bits per heavy atom. The minimum atomic E-state index is -0.255. The summed E-state index contributed by atoms with van der Waals surface area (Å²) in [6.07, 6.45) is 0. The molecule has 2 nitrogen and oxygen atoms in total. The minimum absolute atomic E-state index is 0.127. The van der Waals surface area contributed by atoms with Crippen molar-refractivity contribution >= 4 is 11.8 Å². The molecular formula is C10H13FO2S. The Balaban J connectivity index is 2.59. The second-order valence-corrected chi connectivity index (χ2v) is 3.84. The molecule has 0 radical (unpaired) electrons. The fraction of sp³-hybridized carbons (Fsp3) is 0.400. The molecule has 0 spiro atoms. The van der Waals surface area contributed by atoms with Crippen LogP contribution in [-0.4, -0.2) is 24.6 Å². The van der Waals surface area contributed by atoms with E-state index in [0.29, 0.717) is 22.8 Å². The van der Waals surface area contributed by atoms with Crippen molar-refractivity contribution in [3.8, 4) is 5.75 Å². The average Bonchev–Trinajstić information content (AvgIpc) is 2.20. The van der Waals surface area contributed by atoms with E-state index in [1.54, 1.807) is 12.1 Å². The monoisotopic (exact) mass is 216 g/mol. The third-order valence-electron chi connectivity index (χ3n) is 1.75. The maximum Gasteiger partial charge on any atom is 0.130 e. The maximum atomic E-state index is 13.3. The van der Waals surface area contributed by atoms with Gasteiger partial charge in [-0.3, -0.25) is 0 Å². The van der Waals surface area contributed by atoms with Gasteiger partial charge in [-0.2, -0.15) is 11.8 Å². The van der Waals surface area contributed by atoms with Gasteiger partial charge in [-0.25, -0.2) is 4.39 Å². The molecule has 0 aromatic heterocycles. The molecule has 0 fully saturated rings. The van der Waals surface area contributed by atoms with Gasteiger partial charge in [0.2, 0.25) is 0 Å². The first-order valence-electron chi connectivity index (χ1n) is 4.29. The smallest absolute Gasteiger partial charge is 0.130 e. The van der Waals surface area contributed by atoms with Crippen LogP contribution in [0.2, 0.25) is 0 Å². The molecule has 0 bridgehead atoms. The average molecular weight is 216 g/mol. The molecule has 1 aromatic rings. The van der Waals surface area contributed by atoms with Crippen molar-refractivity contribution in [2.45, 2.75) is 5.75 Å². The lowest BCUT2D eigenvalue weighted by molar-refractivity contribution is 0.322. The van der Waals surface area contributed by atoms with Crippen LogP contribution in [0.15, 0.2) is 18.2 Å². The third kappa shape index (κ3) is 3.20. The molecule has 1 rings (SSSR count). The van der Waals surface area contributed by atoms with Gasteiger partial charge in [0, 0.05) is 17.6 Å². The number of ether oxygens (including phenoxy) is 1. The van der Waals surface area contributed by atoms with Crippen molar-refractivity contribution in [3.05, 3.63) is 29.6 Å². The van der Waals surface area contributed by atoms with E-state index >= 15 is 0 Å². The summed E-state index contributed by atoms with van der Waals surface area (Å²) >= 11 is 1.50. The highest BCUT2D eigenvalue weighted by atomic mass is 32.2. The van der Waals surface area contributed by atoms with E-state index in [-0.39, 0.29) is 12.4 Å². The van der Waals surface area contributed by atoms with Crippen molar-refractivity contribution in [1.29, 1.82) is 0 Å². The van der Waals surface area contributed by atoms with Crippen LogP contribution in [0.1, 0.15) is 5.56 Å². The first kappa shape index (κ1) is 11.3. The molecule has 4 heteroatoms. The predicted octanol–water partition coefficient (Wildman–Crippen LogP) is 2.06. The number of halogens is 1. The zero-order valence-corrected chi connectivity index (χ0v) is 8.81. The quantitative estimate of drug-likeness (QED) is 0.764. The Bertz CT molecular complexity index is 291. The summed E-state index contributed by atoms with van der Waals surface area (Å²) < 4.78 is 18.2. The van der Waals surface area contributed by atoms with Gasteiger partial charge in [0.25, 0.3) is 0 Å². The lowest BCUT2D eigenvalue weighted by Gasteiger charge is -2.04. The fourth-order valence-corrected chi connectivity index (χ4v) is 1.75. The molecular weight excluding hydrogens is 203 g/mol. The normalized spacial score (nSPS) is 10.2. The summed E-state index contributed by atoms with van der Waals surface area (Å²) in [6, 6.07) is 4.81. The van der Waals surface area contributed by atoms with Crippen molar-refractivity contribution in [2.75, 3.05) is 19.5 Å². The Morgan fingerprint density at radius 1 is 1.50 bits per heavy atom. The number of aliphatic hydroxyl groups excluding tert-OH is 1. The summed E-state index contributed by atoms with van der Waals surface area (Å²) in [5.41, 5.74) is 0.643. The minimum Gasteiger partial charge on any atom is -0.497 e. The standard InChI is InChI=1S/C10H13FO2S/c1-13-9-3-2-8(10(11)6-9)7-14-5-4-12/h2-3,6,12H,4-5,7H2,1H3. The summed E-state index contributed by atoms with van der Waals surface area (Å²) in [7, 11) is 1.51. The molecule has 0 aliphatic heterocycles. The molecule has 0 aliphatic rings. The second-order valence-electron chi connectivity index (χ2n) is 2.73. The van der Waals surface area contributed by atoms with Gasteiger partial charge in [-0.1, -0.05) is 6.07 Å². The lowest BCUT2D eigenvalue weighted by Crippen LogP contribution is -1.92. The van der Waals surface area contributed by atoms with Gasteiger partial charge < -0.3 is 9.84 Å². The van der Waals surface area contributed by atoms with Gasteiger partial charge >= 0.3 is 0 Å². The molecule has 0 aliphatic carbocycles. The van der Waals surface area contributed by atoms with Crippen LogP contribution < -0.4 is 4.74 Å². The van der Waals surface area contributed by atoms with Gasteiger partial charge in [0.15, 0.2) is 0 Å². The fourth-order valence-electron chi connectivity index (χ4n) is 1.02. The molecule has 14 heavy (non-hydrogen) atoms. The van der Waals surface area contributed by atoms with Gasteiger partial charge in [-0.05, 0) is 11.6 Å². The molecule has 78 valence electrons. The van der Waals surface area contributed by atoms with Crippen LogP contribution in [0.4, 0.5) is 4.39 Å². The number of methoxy groups -OCH3 is 1. The summed E-state index contributed by atoms with van der Waals surface area (Å²) in [5.74, 6) is 1.48. The molecule has 0 atom stereocenters. The number of aliphatic hydroxyl groups is 1. The number of hydrogen-bond donors (Lipinski definition) is 1.